The fourth-order valence-corrected chi connectivity index (χ4v) is 2.08. The quantitative estimate of drug-likeness (QED) is 0.854. The molecule has 0 saturated carbocycles. The van der Waals surface area contributed by atoms with Gasteiger partial charge in [-0.2, -0.15) is 0 Å². The summed E-state index contributed by atoms with van der Waals surface area (Å²) in [6.07, 6.45) is 0. The first-order valence-corrected chi connectivity index (χ1v) is 6.86. The van der Waals surface area contributed by atoms with Crippen LogP contribution < -0.4 is 10.6 Å². The van der Waals surface area contributed by atoms with Crippen LogP contribution in [-0.2, 0) is 22.7 Å². The van der Waals surface area contributed by atoms with E-state index >= 15 is 0 Å². The topological polar surface area (TPSA) is 50.4 Å². The lowest BCUT2D eigenvalue weighted by Gasteiger charge is -2.12. The zero-order valence-electron chi connectivity index (χ0n) is 12.3. The highest BCUT2D eigenvalue weighted by Crippen LogP contribution is 2.17. The molecule has 110 valence electrons. The Kier molecular flexibility index (Phi) is 5.35. The van der Waals surface area contributed by atoms with E-state index in [0.29, 0.717) is 6.61 Å². The van der Waals surface area contributed by atoms with Gasteiger partial charge in [0.05, 0.1) is 6.61 Å². The third-order valence-corrected chi connectivity index (χ3v) is 3.07. The van der Waals surface area contributed by atoms with Crippen LogP contribution in [0.1, 0.15) is 18.1 Å². The van der Waals surface area contributed by atoms with Gasteiger partial charge in [0.1, 0.15) is 0 Å². The molecule has 0 atom stereocenters. The van der Waals surface area contributed by atoms with Crippen molar-refractivity contribution < 1.29 is 9.53 Å². The summed E-state index contributed by atoms with van der Waals surface area (Å²) in [5.41, 5.74) is 4.17. The molecule has 0 heterocycles. The van der Waals surface area contributed by atoms with Gasteiger partial charge in [-0.15, -0.1) is 0 Å². The average Bonchev–Trinajstić information content (AvgIpc) is 2.48. The van der Waals surface area contributed by atoms with Gasteiger partial charge in [0, 0.05) is 37.5 Å². The van der Waals surface area contributed by atoms with Crippen LogP contribution >= 0.6 is 0 Å². The molecule has 2 aromatic rings. The second-order valence-electron chi connectivity index (χ2n) is 4.82. The summed E-state index contributed by atoms with van der Waals surface area (Å²) in [5, 5.41) is 6.16. The first-order valence-electron chi connectivity index (χ1n) is 6.86. The number of rotatable bonds is 6. The number of nitrogens with one attached hydrogen (secondary N) is 2. The monoisotopic (exact) mass is 284 g/mol. The van der Waals surface area contributed by atoms with Crippen LogP contribution in [0, 0.1) is 0 Å². The number of carbonyl (C=O) groups is 1. The summed E-state index contributed by atoms with van der Waals surface area (Å²) in [4.78, 5) is 11.0. The van der Waals surface area contributed by atoms with E-state index in [1.165, 1.54) is 6.92 Å². The van der Waals surface area contributed by atoms with Crippen molar-refractivity contribution in [3.05, 3.63) is 59.7 Å². The van der Waals surface area contributed by atoms with Gasteiger partial charge in [-0.05, 0) is 23.8 Å². The lowest BCUT2D eigenvalue weighted by Crippen LogP contribution is -2.06. The Morgan fingerprint density at radius 1 is 1.10 bits per heavy atom. The van der Waals surface area contributed by atoms with Gasteiger partial charge in [-0.25, -0.2) is 0 Å². The summed E-state index contributed by atoms with van der Waals surface area (Å²) >= 11 is 0. The van der Waals surface area contributed by atoms with Gasteiger partial charge in [-0.1, -0.05) is 30.3 Å². The van der Waals surface area contributed by atoms with Crippen molar-refractivity contribution in [1.29, 1.82) is 0 Å². The molecule has 4 heteroatoms. The van der Waals surface area contributed by atoms with Crippen LogP contribution in [0.4, 0.5) is 11.4 Å². The molecule has 2 N–H and O–H groups in total. The molecule has 0 unspecified atom stereocenters. The van der Waals surface area contributed by atoms with Gasteiger partial charge in [0.15, 0.2) is 0 Å². The maximum Gasteiger partial charge on any atom is 0.221 e. The molecule has 0 fully saturated rings. The highest BCUT2D eigenvalue weighted by atomic mass is 16.5. The average molecular weight is 284 g/mol. The number of methoxy groups -OCH3 is 1. The predicted octanol–water partition coefficient (Wildman–Crippen LogP) is 3.40. The molecule has 0 aliphatic carbocycles. The number of benzene rings is 2. The first kappa shape index (κ1) is 15.1. The zero-order chi connectivity index (χ0) is 15.1. The number of para-hydroxylation sites is 1. The molecule has 0 aliphatic rings. The summed E-state index contributed by atoms with van der Waals surface area (Å²) in [5.74, 6) is -0.0608. The van der Waals surface area contributed by atoms with Crippen molar-refractivity contribution in [1.82, 2.24) is 0 Å². The molecule has 2 rings (SSSR count). The van der Waals surface area contributed by atoms with Crippen molar-refractivity contribution in [3.63, 3.8) is 0 Å². The number of amides is 1. The molecule has 0 aromatic heterocycles. The summed E-state index contributed by atoms with van der Waals surface area (Å²) in [6, 6.07) is 15.9. The molecule has 0 radical (unpaired) electrons. The Morgan fingerprint density at radius 2 is 1.81 bits per heavy atom. The van der Waals surface area contributed by atoms with Gasteiger partial charge in [0.2, 0.25) is 5.91 Å². The molecular formula is C17H20N2O2. The van der Waals surface area contributed by atoms with Crippen LogP contribution in [0.2, 0.25) is 0 Å². The van der Waals surface area contributed by atoms with Crippen LogP contribution in [0.5, 0.6) is 0 Å². The van der Waals surface area contributed by atoms with E-state index in [4.69, 9.17) is 4.74 Å². The molecule has 21 heavy (non-hydrogen) atoms. The molecular weight excluding hydrogens is 264 g/mol. The van der Waals surface area contributed by atoms with E-state index in [9.17, 15) is 4.79 Å². The summed E-state index contributed by atoms with van der Waals surface area (Å²) in [7, 11) is 1.69. The number of hydrogen-bond donors (Lipinski definition) is 2. The Labute approximate surface area is 125 Å². The number of anilines is 2. The number of hydrogen-bond acceptors (Lipinski definition) is 3. The van der Waals surface area contributed by atoms with Crippen molar-refractivity contribution in [2.75, 3.05) is 17.7 Å². The molecule has 0 spiro atoms. The third-order valence-electron chi connectivity index (χ3n) is 3.07. The van der Waals surface area contributed by atoms with Crippen molar-refractivity contribution in [2.24, 2.45) is 0 Å². The number of carbonyl (C=O) groups excluding carboxylic acids is 1. The Balaban J connectivity index is 1.98. The summed E-state index contributed by atoms with van der Waals surface area (Å²) in [6.45, 7) is 2.81. The van der Waals surface area contributed by atoms with Gasteiger partial charge < -0.3 is 15.4 Å². The Morgan fingerprint density at radius 3 is 2.48 bits per heavy atom. The first-order chi connectivity index (χ1) is 10.2. The minimum atomic E-state index is -0.0608. The SMILES string of the molecule is COCc1ccccc1NCc1ccc(NC(C)=O)cc1. The smallest absolute Gasteiger partial charge is 0.221 e. The van der Waals surface area contributed by atoms with E-state index in [2.05, 4.69) is 10.6 Å². The van der Waals surface area contributed by atoms with E-state index < -0.39 is 0 Å². The Hall–Kier alpha value is -2.33. The molecule has 1 amide bonds. The molecule has 0 saturated heterocycles. The van der Waals surface area contributed by atoms with Crippen LogP contribution in [0.25, 0.3) is 0 Å². The molecule has 2 aromatic carbocycles. The fraction of sp³-hybridized carbons (Fsp3) is 0.235. The Bertz CT molecular complexity index is 594. The second-order valence-corrected chi connectivity index (χ2v) is 4.82. The lowest BCUT2D eigenvalue weighted by atomic mass is 10.1. The highest BCUT2D eigenvalue weighted by Gasteiger charge is 2.01. The van der Waals surface area contributed by atoms with Crippen LogP contribution in [0.15, 0.2) is 48.5 Å². The second kappa shape index (κ2) is 7.45. The molecule has 4 nitrogen and oxygen atoms in total. The third kappa shape index (κ3) is 4.61. The maximum atomic E-state index is 11.0. The van der Waals surface area contributed by atoms with Crippen molar-refractivity contribution in [2.45, 2.75) is 20.1 Å². The van der Waals surface area contributed by atoms with Crippen molar-refractivity contribution in [3.8, 4) is 0 Å². The molecule has 0 aliphatic heterocycles. The van der Waals surface area contributed by atoms with E-state index in [1.54, 1.807) is 7.11 Å². The zero-order valence-corrected chi connectivity index (χ0v) is 12.3. The van der Waals surface area contributed by atoms with Gasteiger partial charge >= 0.3 is 0 Å². The predicted molar refractivity (Wildman–Crippen MR) is 85.2 cm³/mol. The van der Waals surface area contributed by atoms with E-state index in [1.807, 2.05) is 48.5 Å². The number of ether oxygens (including phenoxy) is 1. The minimum absolute atomic E-state index is 0.0608. The lowest BCUT2D eigenvalue weighted by molar-refractivity contribution is -0.114. The van der Waals surface area contributed by atoms with E-state index in [-0.39, 0.29) is 5.91 Å². The normalized spacial score (nSPS) is 10.2. The van der Waals surface area contributed by atoms with Gasteiger partial charge in [-0.3, -0.25) is 4.79 Å². The van der Waals surface area contributed by atoms with Crippen LogP contribution in [0.3, 0.4) is 0 Å². The molecule has 0 bridgehead atoms. The van der Waals surface area contributed by atoms with Crippen molar-refractivity contribution >= 4 is 17.3 Å². The highest BCUT2D eigenvalue weighted by molar-refractivity contribution is 5.88. The summed E-state index contributed by atoms with van der Waals surface area (Å²) < 4.78 is 5.19. The fourth-order valence-electron chi connectivity index (χ4n) is 2.08. The van der Waals surface area contributed by atoms with Gasteiger partial charge in [0.25, 0.3) is 0 Å². The largest absolute Gasteiger partial charge is 0.381 e. The van der Waals surface area contributed by atoms with Crippen LogP contribution in [-0.4, -0.2) is 13.0 Å². The minimum Gasteiger partial charge on any atom is -0.381 e. The standard InChI is InChI=1S/C17H20N2O2/c1-13(20)19-16-9-7-14(8-10-16)11-18-17-6-4-3-5-15(17)12-21-2/h3-10,18H,11-12H2,1-2H3,(H,19,20). The maximum absolute atomic E-state index is 11.0. The van der Waals surface area contributed by atoms with E-state index in [0.717, 1.165) is 29.0 Å².